The summed E-state index contributed by atoms with van der Waals surface area (Å²) >= 11 is 3.43. The van der Waals surface area contributed by atoms with E-state index in [0.29, 0.717) is 13.1 Å². The Hall–Kier alpha value is -1.07. The highest BCUT2D eigenvalue weighted by molar-refractivity contribution is 9.10. The fraction of sp³-hybridized carbons (Fsp3) is 0.364. The van der Waals surface area contributed by atoms with Crippen LogP contribution >= 0.6 is 15.9 Å². The van der Waals surface area contributed by atoms with E-state index in [0.717, 1.165) is 15.8 Å². The van der Waals surface area contributed by atoms with Crippen molar-refractivity contribution in [2.24, 2.45) is 5.73 Å². The van der Waals surface area contributed by atoms with E-state index < -0.39 is 0 Å². The Labute approximate surface area is 103 Å². The highest BCUT2D eigenvalue weighted by Gasteiger charge is 2.22. The van der Waals surface area contributed by atoms with Gasteiger partial charge in [-0.1, -0.05) is 15.9 Å². The van der Waals surface area contributed by atoms with Crippen LogP contribution in [-0.4, -0.2) is 25.0 Å². The summed E-state index contributed by atoms with van der Waals surface area (Å²) in [5, 5.41) is 2.85. The molecule has 1 amide bonds. The second-order valence-electron chi connectivity index (χ2n) is 4.07. The first-order valence-corrected chi connectivity index (χ1v) is 5.95. The van der Waals surface area contributed by atoms with Crippen molar-refractivity contribution in [3.8, 4) is 0 Å². The summed E-state index contributed by atoms with van der Waals surface area (Å²) in [7, 11) is 0. The molecule has 16 heavy (non-hydrogen) atoms. The first-order valence-electron chi connectivity index (χ1n) is 5.16. The number of carbonyl (C=O) groups is 1. The summed E-state index contributed by atoms with van der Waals surface area (Å²) in [6, 6.07) is 5.84. The molecule has 0 fully saturated rings. The van der Waals surface area contributed by atoms with Crippen molar-refractivity contribution in [3.63, 3.8) is 0 Å². The maximum atomic E-state index is 11.5. The molecule has 0 aliphatic carbocycles. The molecule has 1 heterocycles. The summed E-state index contributed by atoms with van der Waals surface area (Å²) < 4.78 is 0.997. The molecule has 0 radical (unpaired) electrons. The van der Waals surface area contributed by atoms with Gasteiger partial charge in [-0.25, -0.2) is 0 Å². The van der Waals surface area contributed by atoms with Crippen LogP contribution in [0.25, 0.3) is 0 Å². The lowest BCUT2D eigenvalue weighted by Crippen LogP contribution is -2.43. The average molecular weight is 284 g/mol. The quantitative estimate of drug-likeness (QED) is 0.866. The lowest BCUT2D eigenvalue weighted by molar-refractivity contribution is -0.115. The molecule has 0 spiro atoms. The zero-order chi connectivity index (χ0) is 11.7. The molecule has 3 N–H and O–H groups in total. The molecular weight excluding hydrogens is 270 g/mol. The molecule has 1 aromatic carbocycles. The van der Waals surface area contributed by atoms with Crippen molar-refractivity contribution in [1.29, 1.82) is 0 Å². The predicted molar refractivity (Wildman–Crippen MR) is 68.6 cm³/mol. The number of anilines is 2. The van der Waals surface area contributed by atoms with Crippen molar-refractivity contribution in [2.45, 2.75) is 13.0 Å². The standard InChI is InChI=1S/C11H14BrN3O/c1-7(13)5-15-6-11(16)14-9-3-2-8(12)4-10(9)15/h2-4,7H,5-6,13H2,1H3,(H,14,16). The predicted octanol–water partition coefficient (Wildman–Crippen LogP) is 1.55. The Morgan fingerprint density at radius 3 is 3.06 bits per heavy atom. The monoisotopic (exact) mass is 283 g/mol. The Kier molecular flexibility index (Phi) is 3.16. The number of carbonyl (C=O) groups excluding carboxylic acids is 1. The van der Waals surface area contributed by atoms with Crippen LogP contribution in [0.4, 0.5) is 11.4 Å². The third kappa shape index (κ3) is 2.36. The molecule has 1 aliphatic heterocycles. The number of nitrogens with two attached hydrogens (primary N) is 1. The lowest BCUT2D eigenvalue weighted by Gasteiger charge is -2.32. The van der Waals surface area contributed by atoms with Gasteiger partial charge in [-0.3, -0.25) is 4.79 Å². The topological polar surface area (TPSA) is 58.4 Å². The molecule has 4 nitrogen and oxygen atoms in total. The van der Waals surface area contributed by atoms with Crippen LogP contribution in [0.2, 0.25) is 0 Å². The SMILES string of the molecule is CC(N)CN1CC(=O)Nc2ccc(Br)cc21. The molecule has 1 aromatic rings. The Bertz CT molecular complexity index is 420. The lowest BCUT2D eigenvalue weighted by atomic mass is 10.1. The van der Waals surface area contributed by atoms with Crippen LogP contribution < -0.4 is 16.0 Å². The number of hydrogen-bond donors (Lipinski definition) is 2. The molecule has 1 atom stereocenters. The molecule has 0 bridgehead atoms. The van der Waals surface area contributed by atoms with Crippen LogP contribution in [-0.2, 0) is 4.79 Å². The van der Waals surface area contributed by atoms with Gasteiger partial charge in [0, 0.05) is 17.1 Å². The molecule has 5 heteroatoms. The van der Waals surface area contributed by atoms with Crippen LogP contribution in [0.1, 0.15) is 6.92 Å². The van der Waals surface area contributed by atoms with Crippen molar-refractivity contribution < 1.29 is 4.79 Å². The Morgan fingerprint density at radius 1 is 1.62 bits per heavy atom. The number of rotatable bonds is 2. The van der Waals surface area contributed by atoms with Gasteiger partial charge in [-0.05, 0) is 25.1 Å². The Morgan fingerprint density at radius 2 is 2.38 bits per heavy atom. The van der Waals surface area contributed by atoms with Crippen LogP contribution in [0, 0.1) is 0 Å². The number of nitrogens with one attached hydrogen (secondary N) is 1. The average Bonchev–Trinajstić information content (AvgIpc) is 2.18. The van der Waals surface area contributed by atoms with E-state index in [1.165, 1.54) is 0 Å². The molecule has 86 valence electrons. The van der Waals surface area contributed by atoms with E-state index >= 15 is 0 Å². The first kappa shape index (κ1) is 11.4. The van der Waals surface area contributed by atoms with Gasteiger partial charge in [0.05, 0.1) is 17.9 Å². The number of amides is 1. The Balaban J connectivity index is 2.35. The second-order valence-corrected chi connectivity index (χ2v) is 4.98. The molecule has 1 unspecified atom stereocenters. The molecule has 0 saturated carbocycles. The number of nitrogens with zero attached hydrogens (tertiary/aromatic N) is 1. The number of benzene rings is 1. The van der Waals surface area contributed by atoms with Crippen LogP contribution in [0.3, 0.4) is 0 Å². The third-order valence-electron chi connectivity index (χ3n) is 2.42. The van der Waals surface area contributed by atoms with E-state index in [-0.39, 0.29) is 11.9 Å². The zero-order valence-electron chi connectivity index (χ0n) is 9.03. The molecular formula is C11H14BrN3O. The third-order valence-corrected chi connectivity index (χ3v) is 2.91. The van der Waals surface area contributed by atoms with Gasteiger partial charge in [0.1, 0.15) is 0 Å². The number of halogens is 1. The highest BCUT2D eigenvalue weighted by Crippen LogP contribution is 2.32. The normalized spacial score (nSPS) is 16.7. The molecule has 2 rings (SSSR count). The molecule has 0 aromatic heterocycles. The van der Waals surface area contributed by atoms with Gasteiger partial charge in [0.2, 0.25) is 5.91 Å². The van der Waals surface area contributed by atoms with E-state index in [9.17, 15) is 4.79 Å². The van der Waals surface area contributed by atoms with Gasteiger partial charge < -0.3 is 16.0 Å². The smallest absolute Gasteiger partial charge is 0.243 e. The number of fused-ring (bicyclic) bond motifs is 1. The van der Waals surface area contributed by atoms with Crippen LogP contribution in [0.15, 0.2) is 22.7 Å². The summed E-state index contributed by atoms with van der Waals surface area (Å²) in [5.41, 5.74) is 7.65. The van der Waals surface area contributed by atoms with Gasteiger partial charge in [0.25, 0.3) is 0 Å². The van der Waals surface area contributed by atoms with E-state index in [1.54, 1.807) is 0 Å². The second kappa shape index (κ2) is 4.43. The van der Waals surface area contributed by atoms with E-state index in [1.807, 2.05) is 30.0 Å². The summed E-state index contributed by atoms with van der Waals surface area (Å²) in [6.45, 7) is 2.98. The zero-order valence-corrected chi connectivity index (χ0v) is 10.6. The van der Waals surface area contributed by atoms with Crippen molar-refractivity contribution >= 4 is 33.2 Å². The summed E-state index contributed by atoms with van der Waals surface area (Å²) in [5.74, 6) is 0.00970. The van der Waals surface area contributed by atoms with Crippen molar-refractivity contribution in [2.75, 3.05) is 23.3 Å². The fourth-order valence-electron chi connectivity index (χ4n) is 1.83. The minimum absolute atomic E-state index is 0.00970. The molecule has 1 aliphatic rings. The summed E-state index contributed by atoms with van der Waals surface area (Å²) in [6.07, 6.45) is 0. The molecule has 0 saturated heterocycles. The summed E-state index contributed by atoms with van der Waals surface area (Å²) in [4.78, 5) is 13.5. The van der Waals surface area contributed by atoms with Gasteiger partial charge in [-0.2, -0.15) is 0 Å². The van der Waals surface area contributed by atoms with Crippen molar-refractivity contribution in [1.82, 2.24) is 0 Å². The van der Waals surface area contributed by atoms with E-state index in [2.05, 4.69) is 21.2 Å². The minimum atomic E-state index is 0.00970. The largest absolute Gasteiger partial charge is 0.359 e. The van der Waals surface area contributed by atoms with Gasteiger partial charge in [-0.15, -0.1) is 0 Å². The van der Waals surface area contributed by atoms with E-state index in [4.69, 9.17) is 5.73 Å². The van der Waals surface area contributed by atoms with Crippen LogP contribution in [0.5, 0.6) is 0 Å². The highest BCUT2D eigenvalue weighted by atomic mass is 79.9. The maximum absolute atomic E-state index is 11.5. The maximum Gasteiger partial charge on any atom is 0.243 e. The fourth-order valence-corrected chi connectivity index (χ4v) is 2.18. The van der Waals surface area contributed by atoms with Gasteiger partial charge in [0.15, 0.2) is 0 Å². The number of hydrogen-bond acceptors (Lipinski definition) is 3. The first-order chi connectivity index (χ1) is 7.56. The van der Waals surface area contributed by atoms with Gasteiger partial charge >= 0.3 is 0 Å². The van der Waals surface area contributed by atoms with Crippen molar-refractivity contribution in [3.05, 3.63) is 22.7 Å². The minimum Gasteiger partial charge on any atom is -0.359 e.